The number of H-pyrrole nitrogens is 1. The lowest BCUT2D eigenvalue weighted by Gasteiger charge is -1.97. The van der Waals surface area contributed by atoms with Crippen LogP contribution >= 0.6 is 11.3 Å². The molecular weight excluding hydrogens is 320 g/mol. The van der Waals surface area contributed by atoms with Crippen LogP contribution in [0.3, 0.4) is 0 Å². The molecule has 118 valence electrons. The number of benzene rings is 1. The third-order valence-electron chi connectivity index (χ3n) is 3.01. The monoisotopic (exact) mass is 333 g/mol. The summed E-state index contributed by atoms with van der Waals surface area (Å²) in [7, 11) is 1.58. The zero-order chi connectivity index (χ0) is 16.4. The van der Waals surface area contributed by atoms with Crippen LogP contribution in [0.15, 0.2) is 39.0 Å². The molecule has 0 unspecified atom stereocenters. The van der Waals surface area contributed by atoms with Crippen LogP contribution in [0.2, 0.25) is 0 Å². The van der Waals surface area contributed by atoms with E-state index < -0.39 is 5.63 Å². The van der Waals surface area contributed by atoms with Crippen LogP contribution in [0.1, 0.15) is 6.92 Å². The van der Waals surface area contributed by atoms with Crippen molar-refractivity contribution in [2.75, 3.05) is 12.4 Å². The zero-order valence-corrected chi connectivity index (χ0v) is 13.1. The van der Waals surface area contributed by atoms with E-state index in [1.54, 1.807) is 36.8 Å². The number of aromatic nitrogens is 3. The lowest BCUT2D eigenvalue weighted by atomic mass is 10.3. The first-order valence-electron chi connectivity index (χ1n) is 6.60. The van der Waals surface area contributed by atoms with Crippen molar-refractivity contribution in [1.29, 1.82) is 0 Å². The maximum atomic E-state index is 12.0. The summed E-state index contributed by atoms with van der Waals surface area (Å²) in [6.45, 7) is 1.39. The topological polar surface area (TPSA) is 101 Å². The molecule has 2 heterocycles. The Hall–Kier alpha value is -2.94. The molecule has 1 aromatic carbocycles. The van der Waals surface area contributed by atoms with E-state index in [0.717, 1.165) is 0 Å². The van der Waals surface area contributed by atoms with Gasteiger partial charge < -0.3 is 10.1 Å². The van der Waals surface area contributed by atoms with Gasteiger partial charge in [-0.3, -0.25) is 9.32 Å². The number of carbonyl (C=O) groups is 1. The summed E-state index contributed by atoms with van der Waals surface area (Å²) < 4.78 is 11.5. The van der Waals surface area contributed by atoms with Gasteiger partial charge in [-0.1, -0.05) is 0 Å². The van der Waals surface area contributed by atoms with Crippen molar-refractivity contribution in [3.05, 3.63) is 40.1 Å². The van der Waals surface area contributed by atoms with Crippen molar-refractivity contribution in [3.63, 3.8) is 0 Å². The first-order chi connectivity index (χ1) is 11.1. The Morgan fingerprint density at radius 2 is 2.13 bits per heavy atom. The number of aromatic amines is 1. The SMILES string of the molecule is COc1ccc(-[n+]2[nH]oc(=O)c2-c2csc(NC(C)=O)n2)cc1. The summed E-state index contributed by atoms with van der Waals surface area (Å²) in [5, 5.41) is 7.21. The summed E-state index contributed by atoms with van der Waals surface area (Å²) in [5.74, 6) is 0.471. The number of nitrogens with zero attached hydrogens (tertiary/aromatic N) is 2. The number of ether oxygens (including phenoxy) is 1. The minimum absolute atomic E-state index is 0.227. The number of amides is 1. The molecule has 0 spiro atoms. The Morgan fingerprint density at radius 3 is 2.78 bits per heavy atom. The maximum Gasteiger partial charge on any atom is 0.437 e. The highest BCUT2D eigenvalue weighted by molar-refractivity contribution is 7.14. The van der Waals surface area contributed by atoms with Gasteiger partial charge in [-0.15, -0.1) is 11.3 Å². The van der Waals surface area contributed by atoms with Crippen molar-refractivity contribution in [2.45, 2.75) is 6.92 Å². The number of methoxy groups -OCH3 is 1. The molecule has 0 aliphatic heterocycles. The minimum Gasteiger partial charge on any atom is -0.497 e. The van der Waals surface area contributed by atoms with Gasteiger partial charge in [0.2, 0.25) is 11.6 Å². The van der Waals surface area contributed by atoms with Crippen molar-refractivity contribution in [1.82, 2.24) is 10.3 Å². The fourth-order valence-electron chi connectivity index (χ4n) is 2.00. The van der Waals surface area contributed by atoms with Crippen LogP contribution in [0.5, 0.6) is 5.75 Å². The molecule has 23 heavy (non-hydrogen) atoms. The molecule has 0 fully saturated rings. The molecule has 9 heteroatoms. The van der Waals surface area contributed by atoms with E-state index >= 15 is 0 Å². The molecule has 0 aliphatic rings. The molecular formula is C14H13N4O4S+. The third-order valence-corrected chi connectivity index (χ3v) is 3.76. The molecule has 3 rings (SSSR count). The number of anilines is 1. The highest BCUT2D eigenvalue weighted by atomic mass is 32.1. The smallest absolute Gasteiger partial charge is 0.437 e. The Labute approximate surface area is 134 Å². The van der Waals surface area contributed by atoms with E-state index in [1.807, 2.05) is 0 Å². The van der Waals surface area contributed by atoms with Gasteiger partial charge in [-0.2, -0.15) is 0 Å². The molecule has 3 aromatic rings. The number of carbonyl (C=O) groups excluding carboxylic acids is 1. The van der Waals surface area contributed by atoms with E-state index in [2.05, 4.69) is 15.6 Å². The second-order valence-corrected chi connectivity index (χ2v) is 5.44. The van der Waals surface area contributed by atoms with Gasteiger partial charge in [0.15, 0.2) is 10.8 Å². The normalized spacial score (nSPS) is 10.5. The number of nitrogens with one attached hydrogen (secondary N) is 2. The van der Waals surface area contributed by atoms with Crippen LogP contribution in [-0.4, -0.2) is 23.3 Å². The molecule has 0 atom stereocenters. The standard InChI is InChI=1S/C14H12N4O4S/c1-8(19)15-14-16-11(7-23-14)12-13(20)22-17-18(12)9-3-5-10(21-2)6-4-9/h3-7H,1-2H3,(H-,15,16,17,19,20)/p+1. The van der Waals surface area contributed by atoms with Crippen molar-refractivity contribution < 1.29 is 18.7 Å². The lowest BCUT2D eigenvalue weighted by molar-refractivity contribution is -0.660. The average molecular weight is 333 g/mol. The summed E-state index contributed by atoms with van der Waals surface area (Å²) in [6.07, 6.45) is 0. The molecule has 2 aromatic heterocycles. The predicted octanol–water partition coefficient (Wildman–Crippen LogP) is 1.34. The largest absolute Gasteiger partial charge is 0.497 e. The van der Waals surface area contributed by atoms with Crippen molar-refractivity contribution in [2.24, 2.45) is 0 Å². The predicted molar refractivity (Wildman–Crippen MR) is 82.8 cm³/mol. The van der Waals surface area contributed by atoms with Gasteiger partial charge in [0, 0.05) is 24.4 Å². The summed E-state index contributed by atoms with van der Waals surface area (Å²) >= 11 is 1.22. The Balaban J connectivity index is 2.03. The van der Waals surface area contributed by atoms with E-state index in [9.17, 15) is 9.59 Å². The van der Waals surface area contributed by atoms with E-state index in [4.69, 9.17) is 9.26 Å². The van der Waals surface area contributed by atoms with E-state index in [0.29, 0.717) is 22.3 Å². The third kappa shape index (κ3) is 2.99. The van der Waals surface area contributed by atoms with Crippen molar-refractivity contribution >= 4 is 22.4 Å². The van der Waals surface area contributed by atoms with Crippen molar-refractivity contribution in [3.8, 4) is 22.8 Å². The molecule has 0 aliphatic carbocycles. The minimum atomic E-state index is -0.555. The van der Waals surface area contributed by atoms with E-state index in [-0.39, 0.29) is 11.6 Å². The first kappa shape index (κ1) is 15.0. The van der Waals surface area contributed by atoms with Gasteiger partial charge in [-0.25, -0.2) is 9.78 Å². The number of thiazole rings is 1. The Morgan fingerprint density at radius 1 is 1.39 bits per heavy atom. The van der Waals surface area contributed by atoms with Crippen LogP contribution < -0.4 is 20.4 Å². The quantitative estimate of drug-likeness (QED) is 0.702. The summed E-state index contributed by atoms with van der Waals surface area (Å²) in [4.78, 5) is 27.3. The van der Waals surface area contributed by atoms with Gasteiger partial charge in [0.1, 0.15) is 5.75 Å². The first-order valence-corrected chi connectivity index (χ1v) is 7.48. The lowest BCUT2D eigenvalue weighted by Crippen LogP contribution is -2.36. The molecule has 2 N–H and O–H groups in total. The van der Waals surface area contributed by atoms with Gasteiger partial charge in [0.25, 0.3) is 0 Å². The highest BCUT2D eigenvalue weighted by Gasteiger charge is 2.27. The fraction of sp³-hybridized carbons (Fsp3) is 0.143. The summed E-state index contributed by atoms with van der Waals surface area (Å²) in [6, 6.07) is 7.08. The molecule has 0 radical (unpaired) electrons. The van der Waals surface area contributed by atoms with Gasteiger partial charge >= 0.3 is 11.3 Å². The second kappa shape index (κ2) is 6.05. The molecule has 0 saturated carbocycles. The van der Waals surface area contributed by atoms with Gasteiger partial charge in [0.05, 0.1) is 7.11 Å². The highest BCUT2D eigenvalue weighted by Crippen LogP contribution is 2.21. The van der Waals surface area contributed by atoms with Gasteiger partial charge in [-0.05, 0) is 22.1 Å². The zero-order valence-electron chi connectivity index (χ0n) is 12.3. The average Bonchev–Trinajstić information content (AvgIpc) is 3.13. The second-order valence-electron chi connectivity index (χ2n) is 4.58. The number of hydrogen-bond acceptors (Lipinski definition) is 6. The number of rotatable bonds is 4. The van der Waals surface area contributed by atoms with Crippen LogP contribution in [-0.2, 0) is 4.79 Å². The van der Waals surface area contributed by atoms with Crippen LogP contribution in [0.25, 0.3) is 17.1 Å². The molecule has 1 amide bonds. The van der Waals surface area contributed by atoms with E-state index in [1.165, 1.54) is 22.9 Å². The Bertz CT molecular complexity index is 894. The van der Waals surface area contributed by atoms with Crippen LogP contribution in [0, 0.1) is 0 Å². The molecule has 0 bridgehead atoms. The molecule has 0 saturated heterocycles. The summed E-state index contributed by atoms with van der Waals surface area (Å²) in [5.41, 5.74) is 0.772. The maximum absolute atomic E-state index is 12.0. The number of hydrogen-bond donors (Lipinski definition) is 2. The molecule has 8 nitrogen and oxygen atoms in total. The Kier molecular flexibility index (Phi) is 3.94. The van der Waals surface area contributed by atoms with Crippen LogP contribution in [0.4, 0.5) is 5.13 Å². The fourth-order valence-corrected chi connectivity index (χ4v) is 2.74.